The monoisotopic (exact) mass is 272 g/mol. The SMILES string of the molecule is CC12CCCCC[C@@H](Cc3ccc(C(N)=O)cc31)[C@@H]2N. The summed E-state index contributed by atoms with van der Waals surface area (Å²) in [6, 6.07) is 6.14. The number of primary amides is 1. The highest BCUT2D eigenvalue weighted by Gasteiger charge is 2.43. The smallest absolute Gasteiger partial charge is 0.248 e. The highest BCUT2D eigenvalue weighted by atomic mass is 16.1. The summed E-state index contributed by atoms with van der Waals surface area (Å²) >= 11 is 0. The van der Waals surface area contributed by atoms with E-state index in [1.807, 2.05) is 12.1 Å². The molecule has 3 rings (SSSR count). The fraction of sp³-hybridized carbons (Fsp3) is 0.588. The van der Waals surface area contributed by atoms with Crippen molar-refractivity contribution in [2.45, 2.75) is 56.9 Å². The zero-order valence-corrected chi connectivity index (χ0v) is 12.2. The van der Waals surface area contributed by atoms with Crippen LogP contribution < -0.4 is 11.5 Å². The number of fused-ring (bicyclic) bond motifs is 4. The van der Waals surface area contributed by atoms with E-state index in [-0.39, 0.29) is 17.4 Å². The highest BCUT2D eigenvalue weighted by Crippen LogP contribution is 2.45. The first kappa shape index (κ1) is 13.6. The Morgan fingerprint density at radius 1 is 1.30 bits per heavy atom. The van der Waals surface area contributed by atoms with Crippen molar-refractivity contribution in [2.75, 3.05) is 0 Å². The molecule has 1 aromatic rings. The Labute approximate surface area is 120 Å². The minimum absolute atomic E-state index is 0.00979. The highest BCUT2D eigenvalue weighted by molar-refractivity contribution is 5.93. The molecule has 0 aromatic heterocycles. The lowest BCUT2D eigenvalue weighted by molar-refractivity contribution is 0.1000. The molecule has 0 aliphatic heterocycles. The summed E-state index contributed by atoms with van der Waals surface area (Å²) in [7, 11) is 0. The Balaban J connectivity index is 2.11. The van der Waals surface area contributed by atoms with Gasteiger partial charge in [-0.25, -0.2) is 0 Å². The average Bonchev–Trinajstić information content (AvgIpc) is 2.43. The van der Waals surface area contributed by atoms with E-state index in [4.69, 9.17) is 11.5 Å². The largest absolute Gasteiger partial charge is 0.366 e. The van der Waals surface area contributed by atoms with Gasteiger partial charge in [-0.3, -0.25) is 4.79 Å². The van der Waals surface area contributed by atoms with Crippen LogP contribution in [0, 0.1) is 5.92 Å². The van der Waals surface area contributed by atoms with Crippen molar-refractivity contribution in [1.29, 1.82) is 0 Å². The second kappa shape index (κ2) is 4.88. The second-order valence-corrected chi connectivity index (χ2v) is 6.74. The van der Waals surface area contributed by atoms with Crippen LogP contribution in [0.4, 0.5) is 0 Å². The zero-order valence-electron chi connectivity index (χ0n) is 12.2. The van der Waals surface area contributed by atoms with Crippen molar-refractivity contribution in [3.63, 3.8) is 0 Å². The van der Waals surface area contributed by atoms with E-state index in [0.717, 1.165) is 12.8 Å². The predicted molar refractivity (Wildman–Crippen MR) is 80.6 cm³/mol. The standard InChI is InChI=1S/C17H24N2O/c1-17-8-4-2-3-5-12(15(17)18)9-11-6-7-13(16(19)20)10-14(11)17/h6-7,10,12,15H,2-5,8-9,18H2,1H3,(H2,19,20)/t12-,15-,17?/m0/s1. The Hall–Kier alpha value is -1.35. The molecule has 1 saturated carbocycles. The summed E-state index contributed by atoms with van der Waals surface area (Å²) in [4.78, 5) is 11.5. The quantitative estimate of drug-likeness (QED) is 0.824. The number of hydrogen-bond acceptors (Lipinski definition) is 2. The van der Waals surface area contributed by atoms with Crippen LogP contribution in [0.1, 0.15) is 60.5 Å². The first-order chi connectivity index (χ1) is 9.52. The van der Waals surface area contributed by atoms with Gasteiger partial charge in [-0.1, -0.05) is 32.3 Å². The van der Waals surface area contributed by atoms with E-state index in [1.165, 1.54) is 36.8 Å². The Morgan fingerprint density at radius 2 is 2.10 bits per heavy atom. The van der Waals surface area contributed by atoms with E-state index >= 15 is 0 Å². The van der Waals surface area contributed by atoms with Crippen LogP contribution in [0.25, 0.3) is 0 Å². The molecule has 1 unspecified atom stereocenters. The van der Waals surface area contributed by atoms with E-state index in [9.17, 15) is 4.79 Å². The van der Waals surface area contributed by atoms with Gasteiger partial charge < -0.3 is 11.5 Å². The van der Waals surface area contributed by atoms with Crippen molar-refractivity contribution in [2.24, 2.45) is 17.4 Å². The van der Waals surface area contributed by atoms with Crippen LogP contribution in [0.5, 0.6) is 0 Å². The number of carbonyl (C=O) groups is 1. The van der Waals surface area contributed by atoms with Crippen LogP contribution in [0.3, 0.4) is 0 Å². The first-order valence-corrected chi connectivity index (χ1v) is 7.71. The van der Waals surface area contributed by atoms with Crippen molar-refractivity contribution >= 4 is 5.91 Å². The van der Waals surface area contributed by atoms with Gasteiger partial charge >= 0.3 is 0 Å². The lowest BCUT2D eigenvalue weighted by Crippen LogP contribution is -2.52. The van der Waals surface area contributed by atoms with Crippen LogP contribution in [-0.4, -0.2) is 11.9 Å². The number of carbonyl (C=O) groups excluding carboxylic acids is 1. The molecule has 0 radical (unpaired) electrons. The fourth-order valence-corrected chi connectivity index (χ4v) is 4.21. The van der Waals surface area contributed by atoms with E-state index < -0.39 is 0 Å². The molecule has 3 nitrogen and oxygen atoms in total. The third kappa shape index (κ3) is 2.05. The topological polar surface area (TPSA) is 69.1 Å². The van der Waals surface area contributed by atoms with Crippen LogP contribution in [-0.2, 0) is 11.8 Å². The molecule has 0 saturated heterocycles. The lowest BCUT2D eigenvalue weighted by atomic mass is 9.60. The maximum Gasteiger partial charge on any atom is 0.248 e. The summed E-state index contributed by atoms with van der Waals surface area (Å²) in [6.07, 6.45) is 7.20. The molecule has 0 heterocycles. The molecule has 0 spiro atoms. The molecule has 3 heteroatoms. The molecule has 2 aliphatic rings. The van der Waals surface area contributed by atoms with Gasteiger partial charge in [-0.2, -0.15) is 0 Å². The molecule has 2 bridgehead atoms. The number of benzene rings is 1. The van der Waals surface area contributed by atoms with Crippen molar-refractivity contribution in [3.8, 4) is 0 Å². The molecule has 1 fully saturated rings. The number of rotatable bonds is 1. The average molecular weight is 272 g/mol. The fourth-order valence-electron chi connectivity index (χ4n) is 4.21. The van der Waals surface area contributed by atoms with Gasteiger partial charge in [0.05, 0.1) is 0 Å². The first-order valence-electron chi connectivity index (χ1n) is 7.71. The molecule has 108 valence electrons. The molecule has 20 heavy (non-hydrogen) atoms. The molecule has 1 aromatic carbocycles. The van der Waals surface area contributed by atoms with E-state index in [1.54, 1.807) is 0 Å². The maximum absolute atomic E-state index is 11.5. The third-order valence-corrected chi connectivity index (χ3v) is 5.51. The van der Waals surface area contributed by atoms with E-state index in [0.29, 0.717) is 11.5 Å². The summed E-state index contributed by atoms with van der Waals surface area (Å²) in [5.74, 6) is 0.227. The van der Waals surface area contributed by atoms with Gasteiger partial charge in [0, 0.05) is 17.0 Å². The van der Waals surface area contributed by atoms with Gasteiger partial charge in [0.2, 0.25) is 5.91 Å². The van der Waals surface area contributed by atoms with Crippen LogP contribution >= 0.6 is 0 Å². The Bertz CT molecular complexity index is 540. The van der Waals surface area contributed by atoms with Crippen LogP contribution in [0.15, 0.2) is 18.2 Å². The molecule has 4 N–H and O–H groups in total. The summed E-state index contributed by atoms with van der Waals surface area (Å²) < 4.78 is 0. The minimum Gasteiger partial charge on any atom is -0.366 e. The molecular formula is C17H24N2O. The van der Waals surface area contributed by atoms with Crippen molar-refractivity contribution < 1.29 is 4.79 Å². The third-order valence-electron chi connectivity index (χ3n) is 5.51. The van der Waals surface area contributed by atoms with E-state index in [2.05, 4.69) is 13.0 Å². The minimum atomic E-state index is -0.349. The summed E-state index contributed by atoms with van der Waals surface area (Å²) in [5.41, 5.74) is 15.3. The van der Waals surface area contributed by atoms with Gasteiger partial charge in [-0.15, -0.1) is 0 Å². The van der Waals surface area contributed by atoms with Gasteiger partial charge in [0.15, 0.2) is 0 Å². The number of hydrogen-bond donors (Lipinski definition) is 2. The predicted octanol–water partition coefficient (Wildman–Crippen LogP) is 2.51. The normalized spacial score (nSPS) is 32.9. The molecule has 3 atom stereocenters. The lowest BCUT2D eigenvalue weighted by Gasteiger charge is -2.47. The number of nitrogens with two attached hydrogens (primary N) is 2. The second-order valence-electron chi connectivity index (χ2n) is 6.74. The molecule has 1 amide bonds. The van der Waals surface area contributed by atoms with Gasteiger partial charge in [0.1, 0.15) is 0 Å². The Kier molecular flexibility index (Phi) is 3.33. The van der Waals surface area contributed by atoms with Gasteiger partial charge in [-0.05, 0) is 48.4 Å². The van der Waals surface area contributed by atoms with Crippen molar-refractivity contribution in [1.82, 2.24) is 0 Å². The summed E-state index contributed by atoms with van der Waals surface area (Å²) in [6.45, 7) is 2.28. The molecular weight excluding hydrogens is 248 g/mol. The zero-order chi connectivity index (χ0) is 14.3. The van der Waals surface area contributed by atoms with Crippen LogP contribution in [0.2, 0.25) is 0 Å². The van der Waals surface area contributed by atoms with Gasteiger partial charge in [0.25, 0.3) is 0 Å². The maximum atomic E-state index is 11.5. The summed E-state index contributed by atoms with van der Waals surface area (Å²) in [5, 5.41) is 0. The molecule has 2 aliphatic carbocycles. The van der Waals surface area contributed by atoms with Crippen molar-refractivity contribution in [3.05, 3.63) is 34.9 Å². The number of amides is 1. The Morgan fingerprint density at radius 3 is 2.85 bits per heavy atom.